The summed E-state index contributed by atoms with van der Waals surface area (Å²) in [5.74, 6) is -3.39. The van der Waals surface area contributed by atoms with Crippen molar-refractivity contribution in [1.29, 1.82) is 0 Å². The van der Waals surface area contributed by atoms with Crippen molar-refractivity contribution < 1.29 is 19.8 Å². The Labute approximate surface area is 106 Å². The first kappa shape index (κ1) is 12.7. The van der Waals surface area contributed by atoms with E-state index in [1.54, 1.807) is 0 Å². The summed E-state index contributed by atoms with van der Waals surface area (Å²) in [7, 11) is 0. The lowest BCUT2D eigenvalue weighted by Gasteiger charge is -2.10. The van der Waals surface area contributed by atoms with Crippen LogP contribution in [0, 0.1) is 5.92 Å². The number of hydrogen-bond donors (Lipinski definition) is 3. The van der Waals surface area contributed by atoms with Gasteiger partial charge in [0, 0.05) is 6.54 Å². The number of hydrogen-bond acceptors (Lipinski definition) is 6. The number of carboxylic acids is 2. The number of carboxylic acid groups (broad SMARTS) is 2. The molecule has 4 N–H and O–H groups in total. The molecule has 9 heteroatoms. The van der Waals surface area contributed by atoms with Gasteiger partial charge in [-0.25, -0.2) is 9.97 Å². The monoisotopic (exact) mass is 265 g/mol. The average Bonchev–Trinajstić information content (AvgIpc) is 2.70. The van der Waals surface area contributed by atoms with Crippen molar-refractivity contribution in [2.75, 3.05) is 5.73 Å². The second-order valence-electron chi connectivity index (χ2n) is 3.97. The molecule has 0 amide bonds. The summed E-state index contributed by atoms with van der Waals surface area (Å²) in [5, 5.41) is 17.7. The third-order valence-corrected chi connectivity index (χ3v) is 2.56. The fraction of sp³-hybridized carbons (Fsp3) is 0.300. The third kappa shape index (κ3) is 2.76. The van der Waals surface area contributed by atoms with Crippen molar-refractivity contribution >= 4 is 29.1 Å². The molecule has 9 nitrogen and oxygen atoms in total. The number of carbonyl (C=O) groups is 2. The Kier molecular flexibility index (Phi) is 3.27. The predicted molar refractivity (Wildman–Crippen MR) is 63.1 cm³/mol. The van der Waals surface area contributed by atoms with E-state index in [1.165, 1.54) is 17.1 Å². The maximum Gasteiger partial charge on any atom is 0.308 e. The summed E-state index contributed by atoms with van der Waals surface area (Å²) >= 11 is 0. The van der Waals surface area contributed by atoms with Crippen LogP contribution in [0.4, 0.5) is 5.95 Å². The number of anilines is 1. The quantitative estimate of drug-likeness (QED) is 0.661. The molecule has 2 aromatic heterocycles. The van der Waals surface area contributed by atoms with Crippen LogP contribution in [0.1, 0.15) is 6.42 Å². The highest BCUT2D eigenvalue weighted by molar-refractivity contribution is 5.78. The summed E-state index contributed by atoms with van der Waals surface area (Å²) in [6.07, 6.45) is 2.33. The van der Waals surface area contributed by atoms with Gasteiger partial charge in [0.2, 0.25) is 5.95 Å². The minimum atomic E-state index is -1.19. The van der Waals surface area contributed by atoms with E-state index in [-0.39, 0.29) is 12.5 Å². The highest BCUT2D eigenvalue weighted by atomic mass is 16.4. The minimum Gasteiger partial charge on any atom is -0.481 e. The molecular formula is C10H11N5O4. The van der Waals surface area contributed by atoms with E-state index in [1.807, 2.05) is 0 Å². The van der Waals surface area contributed by atoms with Gasteiger partial charge >= 0.3 is 11.9 Å². The van der Waals surface area contributed by atoms with E-state index >= 15 is 0 Å². The number of fused-ring (bicyclic) bond motifs is 1. The van der Waals surface area contributed by atoms with Crippen LogP contribution in [0.15, 0.2) is 12.5 Å². The van der Waals surface area contributed by atoms with Gasteiger partial charge in [-0.2, -0.15) is 4.98 Å². The van der Waals surface area contributed by atoms with Crippen molar-refractivity contribution in [3.05, 3.63) is 12.5 Å². The van der Waals surface area contributed by atoms with Crippen LogP contribution in [0.25, 0.3) is 11.2 Å². The van der Waals surface area contributed by atoms with Crippen LogP contribution >= 0.6 is 0 Å². The molecule has 0 aliphatic rings. The summed E-state index contributed by atoms with van der Waals surface area (Å²) < 4.78 is 1.45. The van der Waals surface area contributed by atoms with Gasteiger partial charge in [0.1, 0.15) is 5.52 Å². The molecule has 0 saturated heterocycles. The number of aromatic nitrogens is 4. The first-order chi connectivity index (χ1) is 8.97. The van der Waals surface area contributed by atoms with Crippen molar-refractivity contribution in [1.82, 2.24) is 19.5 Å². The van der Waals surface area contributed by atoms with Crippen molar-refractivity contribution in [2.24, 2.45) is 5.92 Å². The lowest BCUT2D eigenvalue weighted by molar-refractivity contribution is -0.148. The molecule has 1 atom stereocenters. The van der Waals surface area contributed by atoms with Gasteiger partial charge in [0.05, 0.1) is 24.9 Å². The molecule has 0 radical (unpaired) electrons. The van der Waals surface area contributed by atoms with E-state index in [2.05, 4.69) is 15.0 Å². The van der Waals surface area contributed by atoms with E-state index in [9.17, 15) is 9.59 Å². The zero-order chi connectivity index (χ0) is 14.0. The smallest absolute Gasteiger partial charge is 0.308 e. The third-order valence-electron chi connectivity index (χ3n) is 2.56. The fourth-order valence-electron chi connectivity index (χ4n) is 1.68. The molecule has 0 bridgehead atoms. The maximum absolute atomic E-state index is 11.0. The Morgan fingerprint density at radius 1 is 1.37 bits per heavy atom. The minimum absolute atomic E-state index is 0.0411. The molecule has 2 heterocycles. The molecule has 19 heavy (non-hydrogen) atoms. The molecule has 2 rings (SSSR count). The molecule has 0 aromatic carbocycles. The maximum atomic E-state index is 11.0. The van der Waals surface area contributed by atoms with Crippen molar-refractivity contribution in [3.63, 3.8) is 0 Å². The number of nitrogen functional groups attached to an aromatic ring is 1. The molecule has 1 unspecified atom stereocenters. The molecule has 100 valence electrons. The Morgan fingerprint density at radius 2 is 2.11 bits per heavy atom. The van der Waals surface area contributed by atoms with E-state index in [0.29, 0.717) is 11.2 Å². The zero-order valence-electron chi connectivity index (χ0n) is 9.72. The lowest BCUT2D eigenvalue weighted by Crippen LogP contribution is -2.23. The topological polar surface area (TPSA) is 144 Å². The van der Waals surface area contributed by atoms with E-state index in [0.717, 1.165) is 0 Å². The second-order valence-corrected chi connectivity index (χ2v) is 3.97. The van der Waals surface area contributed by atoms with Gasteiger partial charge in [-0.05, 0) is 0 Å². The van der Waals surface area contributed by atoms with Crippen molar-refractivity contribution in [2.45, 2.75) is 13.0 Å². The van der Waals surface area contributed by atoms with Crippen molar-refractivity contribution in [3.8, 4) is 0 Å². The van der Waals surface area contributed by atoms with E-state index in [4.69, 9.17) is 15.9 Å². The zero-order valence-corrected chi connectivity index (χ0v) is 9.72. The van der Waals surface area contributed by atoms with Gasteiger partial charge < -0.3 is 20.5 Å². The molecule has 0 aliphatic carbocycles. The number of nitrogens with zero attached hydrogens (tertiary/aromatic N) is 4. The Bertz CT molecular complexity index is 638. The van der Waals surface area contributed by atoms with E-state index < -0.39 is 24.3 Å². The standard InChI is InChI=1S/C10H11N5O4/c11-10-12-2-6-8(14-10)15(4-13-6)3-5(9(18)19)1-7(16)17/h2,4-5H,1,3H2,(H,16,17)(H,18,19)(H2,11,12,14). The van der Waals surface area contributed by atoms with Gasteiger partial charge in [0.25, 0.3) is 0 Å². The first-order valence-electron chi connectivity index (χ1n) is 5.35. The molecule has 0 aliphatic heterocycles. The van der Waals surface area contributed by atoms with Gasteiger partial charge in [-0.3, -0.25) is 9.59 Å². The summed E-state index contributed by atoms with van der Waals surface area (Å²) in [6.45, 7) is -0.0470. The normalized spacial score (nSPS) is 12.4. The molecular weight excluding hydrogens is 254 g/mol. The molecule has 2 aromatic rings. The lowest BCUT2D eigenvalue weighted by atomic mass is 10.1. The second kappa shape index (κ2) is 4.88. The van der Waals surface area contributed by atoms with Crippen LogP contribution in [-0.4, -0.2) is 41.7 Å². The average molecular weight is 265 g/mol. The molecule has 0 fully saturated rings. The highest BCUT2D eigenvalue weighted by Gasteiger charge is 2.22. The number of rotatable bonds is 5. The first-order valence-corrected chi connectivity index (χ1v) is 5.35. The summed E-state index contributed by atoms with van der Waals surface area (Å²) in [6, 6.07) is 0. The Morgan fingerprint density at radius 3 is 2.74 bits per heavy atom. The Balaban J connectivity index is 2.31. The summed E-state index contributed by atoms with van der Waals surface area (Å²) in [5.41, 5.74) is 6.29. The number of aliphatic carboxylic acids is 2. The SMILES string of the molecule is Nc1ncc2ncn(CC(CC(=O)O)C(=O)O)c2n1. The number of imidazole rings is 1. The molecule has 0 saturated carbocycles. The molecule has 0 spiro atoms. The summed E-state index contributed by atoms with van der Waals surface area (Å²) in [4.78, 5) is 33.3. The fourth-order valence-corrected chi connectivity index (χ4v) is 1.68. The van der Waals surface area contributed by atoms with Crippen LogP contribution in [-0.2, 0) is 16.1 Å². The van der Waals surface area contributed by atoms with Crippen LogP contribution in [0.5, 0.6) is 0 Å². The van der Waals surface area contributed by atoms with Gasteiger partial charge in [-0.1, -0.05) is 0 Å². The largest absolute Gasteiger partial charge is 0.481 e. The highest BCUT2D eigenvalue weighted by Crippen LogP contribution is 2.14. The van der Waals surface area contributed by atoms with Crippen LogP contribution < -0.4 is 5.73 Å². The number of nitrogens with two attached hydrogens (primary N) is 1. The van der Waals surface area contributed by atoms with Crippen LogP contribution in [0.3, 0.4) is 0 Å². The van der Waals surface area contributed by atoms with Crippen LogP contribution in [0.2, 0.25) is 0 Å². The predicted octanol–water partition coefficient (Wildman–Crippen LogP) is -0.416. The Hall–Kier alpha value is -2.71. The van der Waals surface area contributed by atoms with Gasteiger partial charge in [0.15, 0.2) is 5.65 Å². The van der Waals surface area contributed by atoms with Gasteiger partial charge in [-0.15, -0.1) is 0 Å².